The van der Waals surface area contributed by atoms with Crippen molar-refractivity contribution in [3.05, 3.63) is 0 Å². The van der Waals surface area contributed by atoms with Crippen molar-refractivity contribution in [3.8, 4) is 0 Å². The van der Waals surface area contributed by atoms with E-state index in [1.165, 1.54) is 0 Å². The monoisotopic (exact) mass is 384 g/mol. The Morgan fingerprint density at radius 2 is 1.44 bits per heavy atom. The van der Waals surface area contributed by atoms with E-state index in [2.05, 4.69) is 41.7 Å². The van der Waals surface area contributed by atoms with E-state index >= 15 is 0 Å². The molecule has 156 valence electrons. The molecule has 0 aromatic heterocycles. The van der Waals surface area contributed by atoms with Gasteiger partial charge in [-0.25, -0.2) is 9.59 Å². The molecule has 27 heavy (non-hydrogen) atoms. The first-order valence-corrected chi connectivity index (χ1v) is 9.56. The second-order valence-electron chi connectivity index (χ2n) is 7.66. The number of nitrogens with zero attached hydrogens (tertiary/aromatic N) is 2. The Bertz CT molecular complexity index is 530. The molecule has 1 unspecified atom stereocenters. The van der Waals surface area contributed by atoms with Crippen LogP contribution in [0.15, 0.2) is 10.3 Å². The van der Waals surface area contributed by atoms with Crippen LogP contribution in [0.4, 0.5) is 9.59 Å². The highest BCUT2D eigenvalue weighted by Gasteiger charge is 2.22. The lowest BCUT2D eigenvalue weighted by molar-refractivity contribution is 0.141. The Morgan fingerprint density at radius 1 is 0.963 bits per heavy atom. The maximum atomic E-state index is 11.7. The van der Waals surface area contributed by atoms with Gasteiger partial charge in [0.25, 0.3) is 0 Å². The van der Waals surface area contributed by atoms with E-state index in [-0.39, 0.29) is 5.41 Å². The highest BCUT2D eigenvalue weighted by Crippen LogP contribution is 2.26. The van der Waals surface area contributed by atoms with E-state index in [0.717, 1.165) is 37.1 Å². The molecule has 0 spiro atoms. The minimum absolute atomic E-state index is 0.106. The number of nitrogens with one attached hydrogen (secondary N) is 2. The van der Waals surface area contributed by atoms with Gasteiger partial charge in [-0.05, 0) is 50.9 Å². The Balaban J connectivity index is 4.11. The highest BCUT2D eigenvalue weighted by molar-refractivity contribution is 5.82. The van der Waals surface area contributed by atoms with Crippen LogP contribution in [0.3, 0.4) is 0 Å². The Labute approximate surface area is 163 Å². The molecule has 0 aromatic carbocycles. The summed E-state index contributed by atoms with van der Waals surface area (Å²) >= 11 is 0. The van der Waals surface area contributed by atoms with Gasteiger partial charge in [0.2, 0.25) is 0 Å². The maximum absolute atomic E-state index is 11.7. The van der Waals surface area contributed by atoms with Gasteiger partial charge in [-0.15, -0.1) is 0 Å². The minimum Gasteiger partial charge on any atom is -0.320 e. The van der Waals surface area contributed by atoms with Crippen LogP contribution in [-0.4, -0.2) is 36.7 Å². The van der Waals surface area contributed by atoms with Crippen molar-refractivity contribution in [3.63, 3.8) is 0 Å². The predicted molar refractivity (Wildman–Crippen MR) is 108 cm³/mol. The lowest BCUT2D eigenvalue weighted by Gasteiger charge is -2.28. The first-order chi connectivity index (χ1) is 12.6. The third-order valence-electron chi connectivity index (χ3n) is 4.11. The van der Waals surface area contributed by atoms with Crippen LogP contribution in [0.1, 0.15) is 74.1 Å². The molecule has 2 amide bonds. The lowest BCUT2D eigenvalue weighted by atomic mass is 9.82. The fourth-order valence-corrected chi connectivity index (χ4v) is 2.28. The van der Waals surface area contributed by atoms with Crippen molar-refractivity contribution in [1.29, 1.82) is 0 Å². The van der Waals surface area contributed by atoms with Gasteiger partial charge in [-0.1, -0.05) is 44.9 Å². The summed E-state index contributed by atoms with van der Waals surface area (Å²) in [5.74, 6) is 0.361. The lowest BCUT2D eigenvalue weighted by Crippen LogP contribution is -2.35. The molecule has 0 aromatic rings. The average molecular weight is 385 g/mol. The standard InChI is InChI=1S/C19H36N4O4/c1-8-15(4)22-26-17(24)20-11-10-14(3)12-19(6,7)13-21-18(25)27-23-16(5)9-2/h14H,8-13H2,1-7H3,(H,20,24)(H,21,25)/b22-15-,23-16+. The van der Waals surface area contributed by atoms with Crippen LogP contribution in [0, 0.1) is 11.3 Å². The van der Waals surface area contributed by atoms with E-state index in [1.54, 1.807) is 13.8 Å². The van der Waals surface area contributed by atoms with Crippen molar-refractivity contribution in [2.75, 3.05) is 13.1 Å². The summed E-state index contributed by atoms with van der Waals surface area (Å²) in [7, 11) is 0. The number of hydrogen-bond donors (Lipinski definition) is 2. The summed E-state index contributed by atoms with van der Waals surface area (Å²) in [5.41, 5.74) is 1.42. The zero-order valence-electron chi connectivity index (χ0n) is 17.8. The molecule has 0 radical (unpaired) electrons. The largest absolute Gasteiger partial charge is 0.433 e. The van der Waals surface area contributed by atoms with Crippen LogP contribution in [-0.2, 0) is 9.68 Å². The van der Waals surface area contributed by atoms with Gasteiger partial charge in [-0.3, -0.25) is 9.68 Å². The van der Waals surface area contributed by atoms with E-state index in [0.29, 0.717) is 19.0 Å². The van der Waals surface area contributed by atoms with Crippen molar-refractivity contribution in [1.82, 2.24) is 10.6 Å². The molecule has 1 atom stereocenters. The molecule has 8 heteroatoms. The van der Waals surface area contributed by atoms with Crippen LogP contribution in [0.2, 0.25) is 0 Å². The molecule has 8 nitrogen and oxygen atoms in total. The smallest absolute Gasteiger partial charge is 0.320 e. The molecular weight excluding hydrogens is 348 g/mol. The Morgan fingerprint density at radius 3 is 1.93 bits per heavy atom. The molecule has 0 rings (SSSR count). The van der Waals surface area contributed by atoms with Gasteiger partial charge in [-0.2, -0.15) is 0 Å². The fourth-order valence-electron chi connectivity index (χ4n) is 2.28. The molecule has 0 aliphatic heterocycles. The van der Waals surface area contributed by atoms with Crippen molar-refractivity contribution >= 4 is 23.6 Å². The number of oxime groups is 2. The number of hydrogen-bond acceptors (Lipinski definition) is 6. The third kappa shape index (κ3) is 13.7. The first-order valence-electron chi connectivity index (χ1n) is 9.56. The van der Waals surface area contributed by atoms with Crippen LogP contribution in [0.25, 0.3) is 0 Å². The maximum Gasteiger partial charge on any atom is 0.433 e. The summed E-state index contributed by atoms with van der Waals surface area (Å²) in [5, 5.41) is 12.9. The summed E-state index contributed by atoms with van der Waals surface area (Å²) < 4.78 is 0. The summed E-state index contributed by atoms with van der Waals surface area (Å²) in [6.45, 7) is 14.8. The molecule has 0 saturated carbocycles. The molecule has 0 bridgehead atoms. The van der Waals surface area contributed by atoms with E-state index in [1.807, 2.05) is 13.8 Å². The van der Waals surface area contributed by atoms with Crippen molar-refractivity contribution < 1.29 is 19.3 Å². The molecular formula is C19H36N4O4. The summed E-state index contributed by atoms with van der Waals surface area (Å²) in [4.78, 5) is 32.7. The second-order valence-corrected chi connectivity index (χ2v) is 7.66. The number of carbonyl (C=O) groups excluding carboxylic acids is 2. The van der Waals surface area contributed by atoms with E-state index in [9.17, 15) is 9.59 Å². The SMILES string of the molecule is CC/C(C)=N\OC(=O)NCCC(C)CC(C)(C)CNC(=O)O/N=C(\C)CC. The van der Waals surface area contributed by atoms with Gasteiger partial charge in [0.05, 0.1) is 11.4 Å². The molecule has 0 aliphatic carbocycles. The molecule has 2 N–H and O–H groups in total. The van der Waals surface area contributed by atoms with Crippen molar-refractivity contribution in [2.45, 2.75) is 74.1 Å². The predicted octanol–water partition coefficient (Wildman–Crippen LogP) is 4.45. The number of carbonyl (C=O) groups is 2. The van der Waals surface area contributed by atoms with Gasteiger partial charge in [0.1, 0.15) is 0 Å². The Kier molecular flexibility index (Phi) is 12.1. The zero-order valence-corrected chi connectivity index (χ0v) is 17.8. The number of amides is 2. The van der Waals surface area contributed by atoms with Crippen molar-refractivity contribution in [2.24, 2.45) is 21.6 Å². The minimum atomic E-state index is -0.545. The normalized spacial score (nSPS) is 13.7. The van der Waals surface area contributed by atoms with E-state index < -0.39 is 12.2 Å². The highest BCUT2D eigenvalue weighted by atomic mass is 16.7. The fraction of sp³-hybridized carbons (Fsp3) is 0.789. The summed E-state index contributed by atoms with van der Waals surface area (Å²) in [6.07, 6.45) is 2.08. The average Bonchev–Trinajstić information content (AvgIpc) is 2.61. The van der Waals surface area contributed by atoms with Gasteiger partial charge >= 0.3 is 12.2 Å². The Hall–Kier alpha value is -2.12. The molecule has 0 saturated heterocycles. The van der Waals surface area contributed by atoms with Crippen LogP contribution in [0.5, 0.6) is 0 Å². The quantitative estimate of drug-likeness (QED) is 0.312. The third-order valence-corrected chi connectivity index (χ3v) is 4.11. The van der Waals surface area contributed by atoms with Crippen LogP contribution >= 0.6 is 0 Å². The first kappa shape index (κ1) is 24.9. The van der Waals surface area contributed by atoms with E-state index in [4.69, 9.17) is 9.68 Å². The topological polar surface area (TPSA) is 101 Å². The zero-order chi connectivity index (χ0) is 20.9. The molecule has 0 aliphatic rings. The molecule has 0 fully saturated rings. The summed E-state index contributed by atoms with van der Waals surface area (Å²) in [6, 6.07) is 0. The number of rotatable bonds is 11. The molecule has 0 heterocycles. The van der Waals surface area contributed by atoms with Gasteiger partial charge in [0.15, 0.2) is 0 Å². The van der Waals surface area contributed by atoms with Gasteiger partial charge in [0, 0.05) is 13.1 Å². The second kappa shape index (κ2) is 13.1. The van der Waals surface area contributed by atoms with Crippen LogP contribution < -0.4 is 10.6 Å². The van der Waals surface area contributed by atoms with Gasteiger partial charge < -0.3 is 10.6 Å².